The van der Waals surface area contributed by atoms with Gasteiger partial charge >= 0.3 is 0 Å². The molecule has 0 unspecified atom stereocenters. The number of hydrogen-bond donors (Lipinski definition) is 1. The lowest BCUT2D eigenvalue weighted by Gasteiger charge is -2.32. The molecular formula is C17H23NO2. The van der Waals surface area contributed by atoms with Gasteiger partial charge in [-0.2, -0.15) is 0 Å². The van der Waals surface area contributed by atoms with E-state index in [2.05, 4.69) is 17.0 Å². The topological polar surface area (TPSA) is 32.7 Å². The number of fused-ring (bicyclic) bond motifs is 1. The van der Waals surface area contributed by atoms with Gasteiger partial charge in [0.2, 0.25) is 0 Å². The first kappa shape index (κ1) is 13.7. The lowest BCUT2D eigenvalue weighted by Crippen LogP contribution is -2.34. The van der Waals surface area contributed by atoms with Gasteiger partial charge in [-0.1, -0.05) is 24.6 Å². The van der Waals surface area contributed by atoms with E-state index in [0.717, 1.165) is 24.6 Å². The Hall–Kier alpha value is -1.32. The molecule has 3 nitrogen and oxygen atoms in total. The Balaban J connectivity index is 1.97. The van der Waals surface area contributed by atoms with Gasteiger partial charge < -0.3 is 9.84 Å². The monoisotopic (exact) mass is 273 g/mol. The van der Waals surface area contributed by atoms with Crippen molar-refractivity contribution in [2.75, 3.05) is 13.1 Å². The summed E-state index contributed by atoms with van der Waals surface area (Å²) >= 11 is 0. The summed E-state index contributed by atoms with van der Waals surface area (Å²) in [4.78, 5) is 2.48. The highest BCUT2D eigenvalue weighted by Crippen LogP contribution is 2.43. The maximum absolute atomic E-state index is 10.1. The fraction of sp³-hybridized carbons (Fsp3) is 0.529. The standard InChI is InChI=1S/C17H23NO2/c1-17(2,19)12-15-16(18-10-6-3-7-11-18)13-8-4-5-9-14(13)20-15/h4-5,8-9,12,16,19H,3,6-7,10-11H2,1-2H3/b15-12+/t16-/m1/s1. The molecule has 1 N–H and O–H groups in total. The van der Waals surface area contributed by atoms with E-state index in [9.17, 15) is 5.11 Å². The predicted octanol–water partition coefficient (Wildman–Crippen LogP) is 3.26. The summed E-state index contributed by atoms with van der Waals surface area (Å²) in [5.41, 5.74) is 0.371. The molecule has 1 aromatic carbocycles. The predicted molar refractivity (Wildman–Crippen MR) is 79.6 cm³/mol. The Morgan fingerprint density at radius 2 is 1.90 bits per heavy atom. The summed E-state index contributed by atoms with van der Waals surface area (Å²) in [6.07, 6.45) is 5.66. The number of piperidine rings is 1. The minimum Gasteiger partial charge on any atom is -0.460 e. The zero-order chi connectivity index (χ0) is 14.2. The molecule has 0 aromatic heterocycles. The first-order valence-corrected chi connectivity index (χ1v) is 7.50. The van der Waals surface area contributed by atoms with Crippen molar-refractivity contribution in [3.63, 3.8) is 0 Å². The molecule has 1 atom stereocenters. The van der Waals surface area contributed by atoms with Crippen molar-refractivity contribution in [1.29, 1.82) is 0 Å². The normalized spacial score (nSPS) is 25.6. The summed E-state index contributed by atoms with van der Waals surface area (Å²) < 4.78 is 6.01. The van der Waals surface area contributed by atoms with Gasteiger partial charge in [-0.25, -0.2) is 0 Å². The van der Waals surface area contributed by atoms with Gasteiger partial charge in [0, 0.05) is 5.56 Å². The van der Waals surface area contributed by atoms with Gasteiger partial charge in [0.25, 0.3) is 0 Å². The molecule has 2 aliphatic heterocycles. The third-order valence-electron chi connectivity index (χ3n) is 3.96. The molecular weight excluding hydrogens is 250 g/mol. The number of hydrogen-bond acceptors (Lipinski definition) is 3. The number of benzene rings is 1. The quantitative estimate of drug-likeness (QED) is 0.897. The highest BCUT2D eigenvalue weighted by atomic mass is 16.5. The molecule has 0 radical (unpaired) electrons. The summed E-state index contributed by atoms with van der Waals surface area (Å²) in [5, 5.41) is 10.1. The van der Waals surface area contributed by atoms with Gasteiger partial charge in [-0.15, -0.1) is 0 Å². The van der Waals surface area contributed by atoms with Crippen LogP contribution in [0.1, 0.15) is 44.7 Å². The smallest absolute Gasteiger partial charge is 0.132 e. The van der Waals surface area contributed by atoms with Crippen LogP contribution in [0.25, 0.3) is 0 Å². The van der Waals surface area contributed by atoms with Crippen molar-refractivity contribution in [3.05, 3.63) is 41.7 Å². The number of aliphatic hydroxyl groups is 1. The number of para-hydroxylation sites is 1. The van der Waals surface area contributed by atoms with Gasteiger partial charge in [-0.3, -0.25) is 4.90 Å². The SMILES string of the molecule is CC(C)(O)/C=C1/Oc2ccccc2[C@H]1N1CCCCC1. The summed E-state index contributed by atoms with van der Waals surface area (Å²) in [7, 11) is 0. The number of ether oxygens (including phenoxy) is 1. The first-order valence-electron chi connectivity index (χ1n) is 7.50. The molecule has 3 rings (SSSR count). The van der Waals surface area contributed by atoms with Crippen LogP contribution in [0, 0.1) is 0 Å². The van der Waals surface area contributed by atoms with E-state index in [1.165, 1.54) is 24.8 Å². The highest BCUT2D eigenvalue weighted by Gasteiger charge is 2.35. The van der Waals surface area contributed by atoms with Crippen molar-refractivity contribution in [2.45, 2.75) is 44.8 Å². The summed E-state index contributed by atoms with van der Waals surface area (Å²) in [6.45, 7) is 5.79. The van der Waals surface area contributed by atoms with Crippen molar-refractivity contribution in [3.8, 4) is 5.75 Å². The van der Waals surface area contributed by atoms with Gasteiger partial charge in [0.15, 0.2) is 0 Å². The van der Waals surface area contributed by atoms with Crippen molar-refractivity contribution in [2.24, 2.45) is 0 Å². The molecule has 3 heteroatoms. The molecule has 1 aromatic rings. The second kappa shape index (κ2) is 5.23. The van der Waals surface area contributed by atoms with Crippen LogP contribution in [0.4, 0.5) is 0 Å². The van der Waals surface area contributed by atoms with E-state index in [0.29, 0.717) is 0 Å². The Bertz CT molecular complexity index is 510. The van der Waals surface area contributed by atoms with Crippen LogP contribution in [-0.2, 0) is 0 Å². The van der Waals surface area contributed by atoms with Crippen LogP contribution in [0.2, 0.25) is 0 Å². The minimum absolute atomic E-state index is 0.165. The summed E-state index contributed by atoms with van der Waals surface area (Å²) in [6, 6.07) is 8.38. The van der Waals surface area contributed by atoms with Crippen LogP contribution in [0.5, 0.6) is 5.75 Å². The molecule has 0 saturated carbocycles. The molecule has 0 aliphatic carbocycles. The highest BCUT2D eigenvalue weighted by molar-refractivity contribution is 5.46. The van der Waals surface area contributed by atoms with Crippen LogP contribution in [0.15, 0.2) is 36.1 Å². The number of likely N-dealkylation sites (tertiary alicyclic amines) is 1. The Labute approximate surface area is 120 Å². The maximum atomic E-state index is 10.1. The van der Waals surface area contributed by atoms with E-state index in [1.54, 1.807) is 13.8 Å². The van der Waals surface area contributed by atoms with Crippen molar-refractivity contribution < 1.29 is 9.84 Å². The van der Waals surface area contributed by atoms with Crippen LogP contribution in [0.3, 0.4) is 0 Å². The lowest BCUT2D eigenvalue weighted by atomic mass is 9.99. The van der Waals surface area contributed by atoms with E-state index in [4.69, 9.17) is 4.74 Å². The Morgan fingerprint density at radius 3 is 2.60 bits per heavy atom. The third kappa shape index (κ3) is 2.74. The van der Waals surface area contributed by atoms with Crippen molar-refractivity contribution in [1.82, 2.24) is 4.90 Å². The Morgan fingerprint density at radius 1 is 1.20 bits per heavy atom. The van der Waals surface area contributed by atoms with Crippen molar-refractivity contribution >= 4 is 0 Å². The Kier molecular flexibility index (Phi) is 3.57. The largest absolute Gasteiger partial charge is 0.460 e. The van der Waals surface area contributed by atoms with Crippen LogP contribution >= 0.6 is 0 Å². The molecule has 0 spiro atoms. The molecule has 1 fully saturated rings. The maximum Gasteiger partial charge on any atom is 0.132 e. The zero-order valence-electron chi connectivity index (χ0n) is 12.3. The van der Waals surface area contributed by atoms with E-state index >= 15 is 0 Å². The zero-order valence-corrected chi connectivity index (χ0v) is 12.3. The molecule has 20 heavy (non-hydrogen) atoms. The fourth-order valence-corrected chi connectivity index (χ4v) is 3.15. The molecule has 1 saturated heterocycles. The second-order valence-electron chi connectivity index (χ2n) is 6.34. The number of nitrogens with zero attached hydrogens (tertiary/aromatic N) is 1. The second-order valence-corrected chi connectivity index (χ2v) is 6.34. The average Bonchev–Trinajstić information content (AvgIpc) is 2.75. The average molecular weight is 273 g/mol. The molecule has 2 heterocycles. The molecule has 0 bridgehead atoms. The van der Waals surface area contributed by atoms with Gasteiger partial charge in [-0.05, 0) is 51.9 Å². The first-order chi connectivity index (χ1) is 9.54. The molecule has 2 aliphatic rings. The van der Waals surface area contributed by atoms with E-state index in [-0.39, 0.29) is 6.04 Å². The van der Waals surface area contributed by atoms with E-state index in [1.807, 2.05) is 18.2 Å². The van der Waals surface area contributed by atoms with Gasteiger partial charge in [0.05, 0.1) is 11.6 Å². The number of rotatable bonds is 2. The van der Waals surface area contributed by atoms with Crippen LogP contribution in [-0.4, -0.2) is 28.7 Å². The minimum atomic E-state index is -0.856. The third-order valence-corrected chi connectivity index (χ3v) is 3.96. The summed E-state index contributed by atoms with van der Waals surface area (Å²) in [5.74, 6) is 1.80. The van der Waals surface area contributed by atoms with Gasteiger partial charge in [0.1, 0.15) is 11.5 Å². The molecule has 0 amide bonds. The van der Waals surface area contributed by atoms with Crippen LogP contribution < -0.4 is 4.74 Å². The lowest BCUT2D eigenvalue weighted by molar-refractivity contribution is 0.122. The fourth-order valence-electron chi connectivity index (χ4n) is 3.15. The van der Waals surface area contributed by atoms with E-state index < -0.39 is 5.60 Å². The molecule has 108 valence electrons.